The van der Waals surface area contributed by atoms with Gasteiger partial charge in [0, 0.05) is 25.5 Å². The molecule has 1 aromatic carbocycles. The van der Waals surface area contributed by atoms with Crippen LogP contribution in [0.2, 0.25) is 0 Å². The summed E-state index contributed by atoms with van der Waals surface area (Å²) in [5.74, 6) is 0.500. The molecule has 0 spiro atoms. The Balaban J connectivity index is 1.66. The summed E-state index contributed by atoms with van der Waals surface area (Å²) < 4.78 is 13.1. The third-order valence-corrected chi connectivity index (χ3v) is 4.12. The topological polar surface area (TPSA) is 67.5 Å². The molecule has 1 aliphatic rings. The van der Waals surface area contributed by atoms with Gasteiger partial charge < -0.3 is 18.9 Å². The predicted octanol–water partition coefficient (Wildman–Crippen LogP) is 1.88. The highest BCUT2D eigenvalue weighted by atomic mass is 16.5. The van der Waals surface area contributed by atoms with E-state index < -0.39 is 0 Å². The number of hydrogen-bond donors (Lipinski definition) is 0. The van der Waals surface area contributed by atoms with Gasteiger partial charge in [-0.15, -0.1) is 0 Å². The van der Waals surface area contributed by atoms with Gasteiger partial charge >= 0.3 is 0 Å². The fraction of sp³-hybridized carbons (Fsp3) is 0.333. The van der Waals surface area contributed by atoms with Gasteiger partial charge in [0.25, 0.3) is 5.91 Å². The van der Waals surface area contributed by atoms with Gasteiger partial charge in [0.2, 0.25) is 0 Å². The first-order valence-electron chi connectivity index (χ1n) is 7.80. The molecule has 1 aliphatic heterocycles. The maximum atomic E-state index is 12.6. The van der Waals surface area contributed by atoms with Crippen LogP contribution in [0.5, 0.6) is 5.75 Å². The first kappa shape index (κ1) is 16.1. The zero-order valence-corrected chi connectivity index (χ0v) is 13.5. The summed E-state index contributed by atoms with van der Waals surface area (Å²) in [6, 6.07) is 12.6. The third-order valence-electron chi connectivity index (χ3n) is 4.12. The van der Waals surface area contributed by atoms with Crippen LogP contribution in [0.15, 0.2) is 42.6 Å². The molecule has 6 nitrogen and oxygen atoms in total. The van der Waals surface area contributed by atoms with Crippen LogP contribution in [-0.2, 0) is 16.6 Å². The van der Waals surface area contributed by atoms with E-state index in [9.17, 15) is 4.79 Å². The lowest BCUT2D eigenvalue weighted by molar-refractivity contribution is -0.142. The van der Waals surface area contributed by atoms with Gasteiger partial charge in [0.1, 0.15) is 5.75 Å². The fourth-order valence-electron chi connectivity index (χ4n) is 2.82. The molecule has 6 heteroatoms. The lowest BCUT2D eigenvalue weighted by Crippen LogP contribution is -2.45. The minimum Gasteiger partial charge on any atom is -0.484 e. The highest BCUT2D eigenvalue weighted by Crippen LogP contribution is 2.24. The predicted molar refractivity (Wildman–Crippen MR) is 87.3 cm³/mol. The first-order chi connectivity index (χ1) is 11.7. The molecule has 1 saturated heterocycles. The third kappa shape index (κ3) is 3.42. The van der Waals surface area contributed by atoms with Crippen molar-refractivity contribution in [1.29, 1.82) is 5.26 Å². The van der Waals surface area contributed by atoms with Gasteiger partial charge in [-0.05, 0) is 36.4 Å². The molecule has 1 unspecified atom stereocenters. The molecule has 0 radical (unpaired) electrons. The quantitative estimate of drug-likeness (QED) is 0.861. The van der Waals surface area contributed by atoms with Gasteiger partial charge in [-0.1, -0.05) is 0 Å². The van der Waals surface area contributed by atoms with Crippen LogP contribution in [0.3, 0.4) is 0 Å². The zero-order chi connectivity index (χ0) is 16.9. The van der Waals surface area contributed by atoms with Crippen LogP contribution in [0.25, 0.3) is 0 Å². The molecule has 124 valence electrons. The van der Waals surface area contributed by atoms with E-state index in [2.05, 4.69) is 6.07 Å². The second-order valence-electron chi connectivity index (χ2n) is 5.65. The maximum Gasteiger partial charge on any atom is 0.261 e. The summed E-state index contributed by atoms with van der Waals surface area (Å²) >= 11 is 0. The number of nitriles is 1. The molecule has 3 rings (SSSR count). The Morgan fingerprint density at radius 3 is 2.83 bits per heavy atom. The van der Waals surface area contributed by atoms with Crippen LogP contribution >= 0.6 is 0 Å². The molecule has 0 bridgehead atoms. The van der Waals surface area contributed by atoms with E-state index >= 15 is 0 Å². The minimum atomic E-state index is -0.101. The van der Waals surface area contributed by atoms with Gasteiger partial charge in [0.15, 0.2) is 6.61 Å². The van der Waals surface area contributed by atoms with Crippen LogP contribution < -0.4 is 4.74 Å². The molecule has 2 heterocycles. The second-order valence-corrected chi connectivity index (χ2v) is 5.65. The zero-order valence-electron chi connectivity index (χ0n) is 13.5. The van der Waals surface area contributed by atoms with Crippen molar-refractivity contribution in [1.82, 2.24) is 9.47 Å². The Hall–Kier alpha value is -2.78. The Labute approximate surface area is 140 Å². The average Bonchev–Trinajstić information content (AvgIpc) is 3.06. The number of amides is 1. The van der Waals surface area contributed by atoms with Gasteiger partial charge in [-0.3, -0.25) is 4.79 Å². The minimum absolute atomic E-state index is 0.0349. The molecule has 0 N–H and O–H groups in total. The van der Waals surface area contributed by atoms with Crippen molar-refractivity contribution in [3.05, 3.63) is 53.9 Å². The van der Waals surface area contributed by atoms with Gasteiger partial charge in [-0.2, -0.15) is 5.26 Å². The Kier molecular flexibility index (Phi) is 4.82. The number of morpholine rings is 1. The number of nitrogens with zero attached hydrogens (tertiary/aromatic N) is 3. The standard InChI is InChI=1S/C18H19N3O3/c1-20-8-2-3-16(20)17-12-23-10-9-21(17)18(22)13-24-15-6-4-14(11-19)5-7-15/h2-8,17H,9-10,12-13H2,1H3. The van der Waals surface area contributed by atoms with Crippen LogP contribution in [0.1, 0.15) is 17.3 Å². The van der Waals surface area contributed by atoms with Crippen molar-refractivity contribution in [3.63, 3.8) is 0 Å². The summed E-state index contributed by atoms with van der Waals surface area (Å²) in [4.78, 5) is 14.4. The van der Waals surface area contributed by atoms with E-state index in [1.165, 1.54) is 0 Å². The number of hydrogen-bond acceptors (Lipinski definition) is 4. The molecule has 0 aliphatic carbocycles. The van der Waals surface area contributed by atoms with E-state index in [1.54, 1.807) is 24.3 Å². The van der Waals surface area contributed by atoms with Crippen LogP contribution in [-0.4, -0.2) is 41.7 Å². The van der Waals surface area contributed by atoms with Crippen LogP contribution in [0, 0.1) is 11.3 Å². The molecule has 1 fully saturated rings. The Bertz CT molecular complexity index is 746. The number of benzene rings is 1. The monoisotopic (exact) mass is 325 g/mol. The highest BCUT2D eigenvalue weighted by molar-refractivity contribution is 5.78. The molecular weight excluding hydrogens is 306 g/mol. The largest absolute Gasteiger partial charge is 0.484 e. The molecule has 24 heavy (non-hydrogen) atoms. The molecule has 2 aromatic rings. The number of aryl methyl sites for hydroxylation is 1. The van der Waals surface area contributed by atoms with E-state index in [0.29, 0.717) is 31.1 Å². The number of carbonyl (C=O) groups excluding carboxylic acids is 1. The summed E-state index contributed by atoms with van der Waals surface area (Å²) in [6.07, 6.45) is 1.96. The molecular formula is C18H19N3O3. The Morgan fingerprint density at radius 1 is 1.38 bits per heavy atom. The summed E-state index contributed by atoms with van der Waals surface area (Å²) in [5.41, 5.74) is 1.60. The van der Waals surface area contributed by atoms with Gasteiger partial charge in [-0.25, -0.2) is 0 Å². The summed E-state index contributed by atoms with van der Waals surface area (Å²) in [6.45, 7) is 1.53. The first-order valence-corrected chi connectivity index (χ1v) is 7.80. The van der Waals surface area contributed by atoms with Crippen LogP contribution in [0.4, 0.5) is 0 Å². The molecule has 1 amide bonds. The fourth-order valence-corrected chi connectivity index (χ4v) is 2.82. The van der Waals surface area contributed by atoms with Crippen molar-refractivity contribution >= 4 is 5.91 Å². The van der Waals surface area contributed by atoms with E-state index in [4.69, 9.17) is 14.7 Å². The summed E-state index contributed by atoms with van der Waals surface area (Å²) in [7, 11) is 1.96. The lowest BCUT2D eigenvalue weighted by atomic mass is 10.1. The van der Waals surface area contributed by atoms with E-state index in [1.807, 2.05) is 34.8 Å². The number of ether oxygens (including phenoxy) is 2. The van der Waals surface area contributed by atoms with Crippen molar-refractivity contribution in [2.24, 2.45) is 7.05 Å². The van der Waals surface area contributed by atoms with Crippen molar-refractivity contribution < 1.29 is 14.3 Å². The maximum absolute atomic E-state index is 12.6. The van der Waals surface area contributed by atoms with Crippen molar-refractivity contribution in [2.45, 2.75) is 6.04 Å². The Morgan fingerprint density at radius 2 is 2.17 bits per heavy atom. The van der Waals surface area contributed by atoms with Crippen molar-refractivity contribution in [3.8, 4) is 11.8 Å². The number of rotatable bonds is 4. The molecule has 1 atom stereocenters. The highest BCUT2D eigenvalue weighted by Gasteiger charge is 2.30. The van der Waals surface area contributed by atoms with E-state index in [0.717, 1.165) is 5.69 Å². The van der Waals surface area contributed by atoms with Crippen molar-refractivity contribution in [2.75, 3.05) is 26.4 Å². The number of aromatic nitrogens is 1. The average molecular weight is 325 g/mol. The SMILES string of the molecule is Cn1cccc1C1COCCN1C(=O)COc1ccc(C#N)cc1. The number of carbonyl (C=O) groups is 1. The smallest absolute Gasteiger partial charge is 0.261 e. The summed E-state index contributed by atoms with van der Waals surface area (Å²) in [5, 5.41) is 8.79. The lowest BCUT2D eigenvalue weighted by Gasteiger charge is -2.35. The second kappa shape index (κ2) is 7.20. The normalized spacial score (nSPS) is 17.3. The molecule has 1 aromatic heterocycles. The molecule has 0 saturated carbocycles. The van der Waals surface area contributed by atoms with E-state index in [-0.39, 0.29) is 18.6 Å². The van der Waals surface area contributed by atoms with Gasteiger partial charge in [0.05, 0.1) is 30.9 Å².